The molecule has 0 aliphatic heterocycles. The lowest BCUT2D eigenvalue weighted by Gasteiger charge is -2.08. The summed E-state index contributed by atoms with van der Waals surface area (Å²) in [6, 6.07) is 10.2. The van der Waals surface area contributed by atoms with Gasteiger partial charge in [0.2, 0.25) is 0 Å². The molecule has 0 bridgehead atoms. The van der Waals surface area contributed by atoms with E-state index in [1.54, 1.807) is 0 Å². The van der Waals surface area contributed by atoms with Crippen molar-refractivity contribution in [1.29, 1.82) is 0 Å². The number of rotatable bonds is 4. The number of hydrogen-bond donors (Lipinski definition) is 2. The molecule has 90 valence electrons. The highest BCUT2D eigenvalue weighted by Gasteiger charge is 2.02. The first-order valence-corrected chi connectivity index (χ1v) is 6.28. The first-order valence-electron chi connectivity index (χ1n) is 6.28. The van der Waals surface area contributed by atoms with Crippen LogP contribution < -0.4 is 11.5 Å². The molecule has 2 aromatic carbocycles. The van der Waals surface area contributed by atoms with E-state index in [0.29, 0.717) is 0 Å². The second-order valence-corrected chi connectivity index (χ2v) is 4.62. The van der Waals surface area contributed by atoms with Crippen molar-refractivity contribution < 1.29 is 0 Å². The molecule has 0 heterocycles. The number of aryl methyl sites for hydroxylation is 1. The van der Waals surface area contributed by atoms with Gasteiger partial charge in [-0.05, 0) is 42.0 Å². The molecule has 0 atom stereocenters. The predicted octanol–water partition coefficient (Wildman–Crippen LogP) is 3.74. The fraction of sp³-hybridized carbons (Fsp3) is 0.333. The molecule has 0 aliphatic rings. The van der Waals surface area contributed by atoms with Crippen LogP contribution in [0.2, 0.25) is 0 Å². The third-order valence-corrected chi connectivity index (χ3v) is 3.14. The predicted molar refractivity (Wildman–Crippen MR) is 76.0 cm³/mol. The highest BCUT2D eigenvalue weighted by Crippen LogP contribution is 2.26. The van der Waals surface area contributed by atoms with Gasteiger partial charge in [0.25, 0.3) is 0 Å². The van der Waals surface area contributed by atoms with E-state index in [-0.39, 0.29) is 0 Å². The van der Waals surface area contributed by atoms with E-state index in [9.17, 15) is 0 Å². The highest BCUT2D eigenvalue weighted by atomic mass is 14.6. The zero-order valence-corrected chi connectivity index (χ0v) is 10.4. The minimum absolute atomic E-state index is 0.767. The zero-order valence-electron chi connectivity index (χ0n) is 10.4. The number of fused-ring (bicyclic) bond motifs is 1. The van der Waals surface area contributed by atoms with Crippen LogP contribution in [0.15, 0.2) is 30.3 Å². The lowest BCUT2D eigenvalue weighted by atomic mass is 10.0. The van der Waals surface area contributed by atoms with Crippen LogP contribution in [0.3, 0.4) is 0 Å². The van der Waals surface area contributed by atoms with Gasteiger partial charge >= 0.3 is 0 Å². The van der Waals surface area contributed by atoms with Crippen molar-refractivity contribution in [3.63, 3.8) is 0 Å². The van der Waals surface area contributed by atoms with Gasteiger partial charge in [0.1, 0.15) is 0 Å². The van der Waals surface area contributed by atoms with E-state index < -0.39 is 0 Å². The van der Waals surface area contributed by atoms with Gasteiger partial charge in [0.05, 0.1) is 0 Å². The van der Waals surface area contributed by atoms with E-state index in [4.69, 9.17) is 11.5 Å². The van der Waals surface area contributed by atoms with E-state index >= 15 is 0 Å². The summed E-state index contributed by atoms with van der Waals surface area (Å²) in [5.41, 5.74) is 14.8. The van der Waals surface area contributed by atoms with Crippen molar-refractivity contribution in [3.05, 3.63) is 35.9 Å². The lowest BCUT2D eigenvalue weighted by Crippen LogP contribution is -1.93. The maximum atomic E-state index is 6.07. The van der Waals surface area contributed by atoms with Crippen molar-refractivity contribution >= 4 is 22.1 Å². The number of hydrogen-bond acceptors (Lipinski definition) is 2. The summed E-state index contributed by atoms with van der Waals surface area (Å²) in [6.45, 7) is 2.22. The molecule has 17 heavy (non-hydrogen) atoms. The molecule has 2 nitrogen and oxygen atoms in total. The summed E-state index contributed by atoms with van der Waals surface area (Å²) in [7, 11) is 0. The Labute approximate surface area is 103 Å². The van der Waals surface area contributed by atoms with Crippen LogP contribution in [0.1, 0.15) is 31.7 Å². The molecule has 0 aliphatic carbocycles. The average Bonchev–Trinajstić information content (AvgIpc) is 2.31. The first-order chi connectivity index (χ1) is 8.20. The van der Waals surface area contributed by atoms with Crippen molar-refractivity contribution in [3.8, 4) is 0 Å². The van der Waals surface area contributed by atoms with Gasteiger partial charge in [-0.3, -0.25) is 0 Å². The van der Waals surface area contributed by atoms with E-state index in [1.807, 2.05) is 18.2 Å². The van der Waals surface area contributed by atoms with Crippen molar-refractivity contribution in [2.24, 2.45) is 0 Å². The van der Waals surface area contributed by atoms with Crippen molar-refractivity contribution in [2.45, 2.75) is 32.6 Å². The lowest BCUT2D eigenvalue weighted by molar-refractivity contribution is 0.718. The van der Waals surface area contributed by atoms with E-state index in [1.165, 1.54) is 30.2 Å². The van der Waals surface area contributed by atoms with Crippen LogP contribution in [0.25, 0.3) is 10.8 Å². The Balaban J connectivity index is 2.32. The van der Waals surface area contributed by atoms with Crippen LogP contribution in [0.4, 0.5) is 11.4 Å². The Morgan fingerprint density at radius 1 is 1.00 bits per heavy atom. The fourth-order valence-corrected chi connectivity index (χ4v) is 2.19. The van der Waals surface area contributed by atoms with Crippen molar-refractivity contribution in [1.82, 2.24) is 0 Å². The standard InChI is InChI=1S/C15H20N2/c1-2-3-4-5-11-8-12-6-7-13(16)10-14(12)15(17)9-11/h6-10H,2-5,16-17H2,1H3. The Morgan fingerprint density at radius 2 is 1.82 bits per heavy atom. The number of anilines is 2. The molecule has 0 amide bonds. The first kappa shape index (κ1) is 11.8. The molecule has 0 fully saturated rings. The third kappa shape index (κ3) is 2.70. The van der Waals surface area contributed by atoms with Gasteiger partial charge in [-0.25, -0.2) is 0 Å². The summed E-state index contributed by atoms with van der Waals surface area (Å²) < 4.78 is 0. The number of benzene rings is 2. The van der Waals surface area contributed by atoms with E-state index in [2.05, 4.69) is 19.1 Å². The molecule has 0 saturated carbocycles. The molecule has 0 spiro atoms. The topological polar surface area (TPSA) is 52.0 Å². The maximum Gasteiger partial charge on any atom is 0.0397 e. The van der Waals surface area contributed by atoms with Crippen LogP contribution in [-0.2, 0) is 6.42 Å². The number of nitrogen functional groups attached to an aromatic ring is 2. The average molecular weight is 228 g/mol. The molecule has 0 unspecified atom stereocenters. The largest absolute Gasteiger partial charge is 0.399 e. The fourth-order valence-electron chi connectivity index (χ4n) is 2.19. The van der Waals surface area contributed by atoms with Crippen LogP contribution in [-0.4, -0.2) is 0 Å². The van der Waals surface area contributed by atoms with E-state index in [0.717, 1.165) is 23.2 Å². The smallest absolute Gasteiger partial charge is 0.0397 e. The third-order valence-electron chi connectivity index (χ3n) is 3.14. The van der Waals surface area contributed by atoms with Gasteiger partial charge < -0.3 is 11.5 Å². The normalized spacial score (nSPS) is 10.9. The summed E-state index contributed by atoms with van der Waals surface area (Å²) >= 11 is 0. The molecule has 4 N–H and O–H groups in total. The monoisotopic (exact) mass is 228 g/mol. The highest BCUT2D eigenvalue weighted by molar-refractivity contribution is 5.95. The summed E-state index contributed by atoms with van der Waals surface area (Å²) in [5.74, 6) is 0. The minimum Gasteiger partial charge on any atom is -0.399 e. The van der Waals surface area contributed by atoms with Gasteiger partial charge in [0, 0.05) is 16.8 Å². The van der Waals surface area contributed by atoms with Gasteiger partial charge in [0.15, 0.2) is 0 Å². The molecule has 0 radical (unpaired) electrons. The van der Waals surface area contributed by atoms with Crippen LogP contribution in [0, 0.1) is 0 Å². The van der Waals surface area contributed by atoms with Gasteiger partial charge in [-0.2, -0.15) is 0 Å². The second-order valence-electron chi connectivity index (χ2n) is 4.62. The van der Waals surface area contributed by atoms with Gasteiger partial charge in [-0.1, -0.05) is 31.9 Å². The Bertz CT molecular complexity index is 518. The number of nitrogens with two attached hydrogens (primary N) is 2. The molecular formula is C15H20N2. The Hall–Kier alpha value is -1.70. The molecular weight excluding hydrogens is 208 g/mol. The number of unbranched alkanes of at least 4 members (excludes halogenated alkanes) is 2. The summed E-state index contributed by atoms with van der Waals surface area (Å²) in [5, 5.41) is 2.25. The maximum absolute atomic E-state index is 6.07. The minimum atomic E-state index is 0.767. The molecule has 0 saturated heterocycles. The Morgan fingerprint density at radius 3 is 2.59 bits per heavy atom. The molecule has 0 aromatic heterocycles. The van der Waals surface area contributed by atoms with Gasteiger partial charge in [-0.15, -0.1) is 0 Å². The molecule has 2 rings (SSSR count). The molecule has 2 heteroatoms. The quantitative estimate of drug-likeness (QED) is 0.618. The van der Waals surface area contributed by atoms with Crippen LogP contribution >= 0.6 is 0 Å². The SMILES string of the molecule is CCCCCc1cc(N)c2cc(N)ccc2c1. The van der Waals surface area contributed by atoms with Crippen LogP contribution in [0.5, 0.6) is 0 Å². The summed E-state index contributed by atoms with van der Waals surface area (Å²) in [6.07, 6.45) is 4.87. The Kier molecular flexibility index (Phi) is 3.52. The van der Waals surface area contributed by atoms with Crippen molar-refractivity contribution in [2.75, 3.05) is 11.5 Å². The molecule has 2 aromatic rings. The summed E-state index contributed by atoms with van der Waals surface area (Å²) in [4.78, 5) is 0. The second kappa shape index (κ2) is 5.09. The zero-order chi connectivity index (χ0) is 12.3.